The SMILES string of the molecule is CCCCCCCCCCC(C(=O)O)([N+](=O)[O-])[N+](=O)[O-]. The molecule has 8 heteroatoms. The third kappa shape index (κ3) is 5.10. The zero-order valence-electron chi connectivity index (χ0n) is 11.7. The Morgan fingerprint density at radius 1 is 0.950 bits per heavy atom. The molecule has 0 aliphatic carbocycles. The van der Waals surface area contributed by atoms with Crippen LogP contribution in [0, 0.1) is 20.2 Å². The summed E-state index contributed by atoms with van der Waals surface area (Å²) in [6, 6.07) is 0. The van der Waals surface area contributed by atoms with E-state index in [0.29, 0.717) is 6.42 Å². The Hall–Kier alpha value is -1.73. The summed E-state index contributed by atoms with van der Waals surface area (Å²) in [7, 11) is 0. The Balaban J connectivity index is 4.14. The lowest BCUT2D eigenvalue weighted by atomic mass is 10.0. The Kier molecular flexibility index (Phi) is 8.42. The summed E-state index contributed by atoms with van der Waals surface area (Å²) in [6.45, 7) is 2.11. The van der Waals surface area contributed by atoms with Crippen LogP contribution in [0.25, 0.3) is 0 Å². The van der Waals surface area contributed by atoms with E-state index in [0.717, 1.165) is 32.1 Å². The first-order valence-corrected chi connectivity index (χ1v) is 6.92. The van der Waals surface area contributed by atoms with Crippen LogP contribution in [0.4, 0.5) is 0 Å². The van der Waals surface area contributed by atoms with Gasteiger partial charge in [-0.2, -0.15) is 0 Å². The number of carboxylic acid groups (broad SMARTS) is 1. The van der Waals surface area contributed by atoms with Crippen molar-refractivity contribution in [3.63, 3.8) is 0 Å². The van der Waals surface area contributed by atoms with Gasteiger partial charge in [0.25, 0.3) is 0 Å². The molecule has 116 valence electrons. The summed E-state index contributed by atoms with van der Waals surface area (Å²) in [4.78, 5) is 29.7. The standard InChI is InChI=1S/C12H22N2O6/c1-2-3-4-5-6-7-8-9-10-12(11(15)16,13(17)18)14(19)20/h2-10H2,1H3,(H,15,16). The van der Waals surface area contributed by atoms with E-state index >= 15 is 0 Å². The molecule has 0 fully saturated rings. The highest BCUT2D eigenvalue weighted by Crippen LogP contribution is 2.21. The maximum Gasteiger partial charge on any atom is 0.552 e. The minimum absolute atomic E-state index is 0.169. The van der Waals surface area contributed by atoms with Crippen LogP contribution in [0.15, 0.2) is 0 Å². The molecular formula is C12H22N2O6. The molecule has 0 unspecified atom stereocenters. The van der Waals surface area contributed by atoms with Gasteiger partial charge in [-0.25, -0.2) is 4.79 Å². The lowest BCUT2D eigenvalue weighted by molar-refractivity contribution is -0.779. The summed E-state index contributed by atoms with van der Waals surface area (Å²) in [5, 5.41) is 30.2. The molecule has 0 aliphatic heterocycles. The molecule has 8 nitrogen and oxygen atoms in total. The van der Waals surface area contributed by atoms with Crippen molar-refractivity contribution < 1.29 is 19.7 Å². The van der Waals surface area contributed by atoms with Gasteiger partial charge in [-0.3, -0.25) is 20.2 Å². The fourth-order valence-electron chi connectivity index (χ4n) is 2.02. The Bertz CT molecular complexity index is 309. The predicted molar refractivity (Wildman–Crippen MR) is 71.6 cm³/mol. The number of carbonyl (C=O) groups is 1. The topological polar surface area (TPSA) is 124 Å². The highest BCUT2D eigenvalue weighted by molar-refractivity contribution is 5.74. The summed E-state index contributed by atoms with van der Waals surface area (Å²) >= 11 is 0. The predicted octanol–water partition coefficient (Wildman–Crippen LogP) is 2.85. The van der Waals surface area contributed by atoms with Gasteiger partial charge in [0.05, 0.1) is 0 Å². The van der Waals surface area contributed by atoms with Crippen molar-refractivity contribution in [1.29, 1.82) is 0 Å². The molecule has 0 amide bonds. The summed E-state index contributed by atoms with van der Waals surface area (Å²) < 4.78 is 0. The number of hydrogen-bond donors (Lipinski definition) is 1. The minimum atomic E-state index is -3.10. The minimum Gasteiger partial charge on any atom is -0.470 e. The summed E-state index contributed by atoms with van der Waals surface area (Å²) in [6.07, 6.45) is 6.48. The van der Waals surface area contributed by atoms with Crippen molar-refractivity contribution in [3.05, 3.63) is 20.2 Å². The third-order valence-electron chi connectivity index (χ3n) is 3.33. The van der Waals surface area contributed by atoms with Gasteiger partial charge in [-0.15, -0.1) is 0 Å². The summed E-state index contributed by atoms with van der Waals surface area (Å²) in [5.74, 6) is -2.00. The maximum absolute atomic E-state index is 10.9. The van der Waals surface area contributed by atoms with E-state index in [1.54, 1.807) is 0 Å². The first-order chi connectivity index (χ1) is 9.39. The molecule has 0 saturated carbocycles. The van der Waals surface area contributed by atoms with E-state index in [1.807, 2.05) is 0 Å². The van der Waals surface area contributed by atoms with Crippen LogP contribution < -0.4 is 0 Å². The Labute approximate surface area is 117 Å². The lowest BCUT2D eigenvalue weighted by Crippen LogP contribution is -2.53. The van der Waals surface area contributed by atoms with Gasteiger partial charge in [0.2, 0.25) is 0 Å². The van der Waals surface area contributed by atoms with E-state index in [9.17, 15) is 25.0 Å². The largest absolute Gasteiger partial charge is 0.552 e. The second-order valence-corrected chi connectivity index (χ2v) is 4.86. The smallest absolute Gasteiger partial charge is 0.470 e. The van der Waals surface area contributed by atoms with Crippen LogP contribution in [-0.2, 0) is 4.79 Å². The van der Waals surface area contributed by atoms with E-state index in [4.69, 9.17) is 5.11 Å². The fraction of sp³-hybridized carbons (Fsp3) is 0.917. The van der Waals surface area contributed by atoms with Crippen LogP contribution in [-0.4, -0.2) is 26.6 Å². The lowest BCUT2D eigenvalue weighted by Gasteiger charge is -2.12. The number of carboxylic acids is 1. The van der Waals surface area contributed by atoms with Gasteiger partial charge in [-0.1, -0.05) is 51.9 Å². The molecule has 0 aromatic rings. The second kappa shape index (κ2) is 9.22. The number of nitrogens with zero attached hydrogens (tertiary/aromatic N) is 2. The van der Waals surface area contributed by atoms with E-state index in [2.05, 4.69) is 6.92 Å². The van der Waals surface area contributed by atoms with E-state index in [-0.39, 0.29) is 6.42 Å². The van der Waals surface area contributed by atoms with E-state index in [1.165, 1.54) is 6.42 Å². The van der Waals surface area contributed by atoms with Crippen LogP contribution in [0.1, 0.15) is 64.7 Å². The number of unbranched alkanes of at least 4 members (excludes halogenated alkanes) is 7. The molecule has 0 atom stereocenters. The number of hydrogen-bond acceptors (Lipinski definition) is 5. The first-order valence-electron chi connectivity index (χ1n) is 6.92. The quantitative estimate of drug-likeness (QED) is 0.255. The average Bonchev–Trinajstić information content (AvgIpc) is 2.35. The fourth-order valence-corrected chi connectivity index (χ4v) is 2.02. The highest BCUT2D eigenvalue weighted by Gasteiger charge is 2.64. The summed E-state index contributed by atoms with van der Waals surface area (Å²) in [5.41, 5.74) is -3.10. The van der Waals surface area contributed by atoms with Crippen molar-refractivity contribution in [2.75, 3.05) is 0 Å². The molecule has 0 aliphatic rings. The monoisotopic (exact) mass is 290 g/mol. The molecule has 20 heavy (non-hydrogen) atoms. The molecule has 0 saturated heterocycles. The van der Waals surface area contributed by atoms with E-state index < -0.39 is 27.9 Å². The third-order valence-corrected chi connectivity index (χ3v) is 3.33. The number of rotatable bonds is 12. The number of nitro groups is 2. The maximum atomic E-state index is 10.9. The molecular weight excluding hydrogens is 268 g/mol. The molecule has 0 radical (unpaired) electrons. The Morgan fingerprint density at radius 2 is 1.35 bits per heavy atom. The molecule has 0 rings (SSSR count). The van der Waals surface area contributed by atoms with Crippen LogP contribution in [0.2, 0.25) is 0 Å². The molecule has 0 aromatic heterocycles. The van der Waals surface area contributed by atoms with Gasteiger partial charge < -0.3 is 5.11 Å². The molecule has 0 aromatic carbocycles. The molecule has 0 heterocycles. The van der Waals surface area contributed by atoms with Gasteiger partial charge in [-0.05, 0) is 6.42 Å². The van der Waals surface area contributed by atoms with Crippen LogP contribution in [0.5, 0.6) is 0 Å². The molecule has 0 spiro atoms. The zero-order chi connectivity index (χ0) is 15.6. The van der Waals surface area contributed by atoms with Gasteiger partial charge >= 0.3 is 11.6 Å². The Morgan fingerprint density at radius 3 is 1.70 bits per heavy atom. The zero-order valence-corrected chi connectivity index (χ0v) is 11.7. The van der Waals surface area contributed by atoms with Gasteiger partial charge in [0, 0.05) is 0 Å². The van der Waals surface area contributed by atoms with Gasteiger partial charge in [0.1, 0.15) is 16.3 Å². The van der Waals surface area contributed by atoms with Crippen molar-refractivity contribution in [2.24, 2.45) is 0 Å². The highest BCUT2D eigenvalue weighted by atomic mass is 16.7. The molecule has 0 bridgehead atoms. The first kappa shape index (κ1) is 18.3. The van der Waals surface area contributed by atoms with Gasteiger partial charge in [0.15, 0.2) is 0 Å². The van der Waals surface area contributed by atoms with Crippen molar-refractivity contribution in [2.45, 2.75) is 70.4 Å². The van der Waals surface area contributed by atoms with Crippen molar-refractivity contribution in [1.82, 2.24) is 0 Å². The normalized spacial score (nSPS) is 11.2. The van der Waals surface area contributed by atoms with Crippen LogP contribution >= 0.6 is 0 Å². The second-order valence-electron chi connectivity index (χ2n) is 4.86. The van der Waals surface area contributed by atoms with Crippen molar-refractivity contribution >= 4 is 5.97 Å². The average molecular weight is 290 g/mol. The molecule has 1 N–H and O–H groups in total. The number of aliphatic carboxylic acids is 1. The van der Waals surface area contributed by atoms with Crippen LogP contribution in [0.3, 0.4) is 0 Å². The van der Waals surface area contributed by atoms with Crippen molar-refractivity contribution in [3.8, 4) is 0 Å².